The highest BCUT2D eigenvalue weighted by Gasteiger charge is 2.50. The quantitative estimate of drug-likeness (QED) is 0.593. The van der Waals surface area contributed by atoms with Crippen LogP contribution in [0.2, 0.25) is 5.02 Å². The van der Waals surface area contributed by atoms with Crippen molar-refractivity contribution < 1.29 is 19.1 Å². The predicted molar refractivity (Wildman–Crippen MR) is 113 cm³/mol. The third-order valence-corrected chi connectivity index (χ3v) is 5.58. The average molecular weight is 424 g/mol. The van der Waals surface area contributed by atoms with E-state index in [2.05, 4.69) is 0 Å². The number of anilines is 1. The van der Waals surface area contributed by atoms with Crippen LogP contribution >= 0.6 is 11.6 Å². The number of carbonyl (C=O) groups excluding carboxylic acids is 2. The molecule has 0 saturated heterocycles. The van der Waals surface area contributed by atoms with Crippen molar-refractivity contribution in [3.63, 3.8) is 0 Å². The van der Waals surface area contributed by atoms with Crippen LogP contribution in [0.5, 0.6) is 0 Å². The number of amides is 1. The molecular weight excluding hydrogens is 405 g/mol. The van der Waals surface area contributed by atoms with E-state index in [-0.39, 0.29) is 5.56 Å². The number of halogens is 2. The highest BCUT2D eigenvalue weighted by Crippen LogP contribution is 2.44. The molecule has 1 aliphatic heterocycles. The molecule has 30 heavy (non-hydrogen) atoms. The van der Waals surface area contributed by atoms with Gasteiger partial charge in [-0.05, 0) is 54.4 Å². The Morgan fingerprint density at radius 1 is 1.03 bits per heavy atom. The van der Waals surface area contributed by atoms with Gasteiger partial charge >= 0.3 is 0 Å². The van der Waals surface area contributed by atoms with Gasteiger partial charge in [0.25, 0.3) is 5.91 Å². The fourth-order valence-corrected chi connectivity index (χ4v) is 3.94. The molecule has 3 aromatic carbocycles. The van der Waals surface area contributed by atoms with E-state index in [0.717, 1.165) is 5.56 Å². The molecule has 1 N–H and O–H groups in total. The molecule has 4 rings (SSSR count). The Morgan fingerprint density at radius 3 is 2.43 bits per heavy atom. The van der Waals surface area contributed by atoms with E-state index in [9.17, 15) is 19.1 Å². The monoisotopic (exact) mass is 423 g/mol. The van der Waals surface area contributed by atoms with E-state index in [0.29, 0.717) is 29.2 Å². The van der Waals surface area contributed by atoms with Crippen LogP contribution in [0.25, 0.3) is 0 Å². The van der Waals surface area contributed by atoms with Gasteiger partial charge in [0, 0.05) is 22.7 Å². The van der Waals surface area contributed by atoms with Crippen molar-refractivity contribution in [1.82, 2.24) is 0 Å². The van der Waals surface area contributed by atoms with Crippen molar-refractivity contribution in [2.24, 2.45) is 0 Å². The zero-order chi connectivity index (χ0) is 21.3. The topological polar surface area (TPSA) is 57.6 Å². The number of nitrogens with zero attached hydrogens (tertiary/aromatic N) is 1. The van der Waals surface area contributed by atoms with Gasteiger partial charge in [-0.1, -0.05) is 41.9 Å². The van der Waals surface area contributed by atoms with Crippen molar-refractivity contribution in [1.29, 1.82) is 0 Å². The van der Waals surface area contributed by atoms with Crippen LogP contribution < -0.4 is 4.90 Å². The van der Waals surface area contributed by atoms with Crippen LogP contribution in [0.4, 0.5) is 10.1 Å². The zero-order valence-corrected chi connectivity index (χ0v) is 16.8. The molecule has 0 unspecified atom stereocenters. The zero-order valence-electron chi connectivity index (χ0n) is 16.0. The molecule has 152 valence electrons. The lowest BCUT2D eigenvalue weighted by Crippen LogP contribution is -2.42. The maximum Gasteiger partial charge on any atom is 0.264 e. The van der Waals surface area contributed by atoms with Crippen molar-refractivity contribution >= 4 is 29.0 Å². The fourth-order valence-electron chi connectivity index (χ4n) is 3.77. The molecule has 6 heteroatoms. The Balaban J connectivity index is 1.64. The van der Waals surface area contributed by atoms with E-state index in [1.807, 2.05) is 30.3 Å². The highest BCUT2D eigenvalue weighted by atomic mass is 35.5. The Kier molecular flexibility index (Phi) is 5.41. The third kappa shape index (κ3) is 3.74. The third-order valence-electron chi connectivity index (χ3n) is 5.34. The summed E-state index contributed by atoms with van der Waals surface area (Å²) in [5.41, 5.74) is 0.100. The summed E-state index contributed by atoms with van der Waals surface area (Å²) in [4.78, 5) is 27.5. The lowest BCUT2D eigenvalue weighted by atomic mass is 9.88. The Labute approximate surface area is 178 Å². The van der Waals surface area contributed by atoms with Gasteiger partial charge in [0.2, 0.25) is 0 Å². The Morgan fingerprint density at radius 2 is 1.73 bits per heavy atom. The lowest BCUT2D eigenvalue weighted by Gasteiger charge is -2.23. The van der Waals surface area contributed by atoms with Gasteiger partial charge in [-0.3, -0.25) is 9.59 Å². The first-order valence-electron chi connectivity index (χ1n) is 9.55. The van der Waals surface area contributed by atoms with Crippen LogP contribution in [0, 0.1) is 5.82 Å². The maximum absolute atomic E-state index is 13.3. The average Bonchev–Trinajstić information content (AvgIpc) is 2.94. The molecule has 0 fully saturated rings. The van der Waals surface area contributed by atoms with E-state index >= 15 is 0 Å². The van der Waals surface area contributed by atoms with Gasteiger partial charge in [-0.2, -0.15) is 0 Å². The minimum atomic E-state index is -2.03. The molecule has 1 atom stereocenters. The number of hydrogen-bond acceptors (Lipinski definition) is 3. The molecule has 3 aromatic rings. The minimum Gasteiger partial charge on any atom is -0.375 e. The van der Waals surface area contributed by atoms with Gasteiger partial charge in [0.05, 0.1) is 12.1 Å². The molecule has 0 spiro atoms. The summed E-state index contributed by atoms with van der Waals surface area (Å²) >= 11 is 6.12. The molecule has 4 nitrogen and oxygen atoms in total. The van der Waals surface area contributed by atoms with Crippen LogP contribution in [-0.2, 0) is 16.8 Å². The second-order valence-electron chi connectivity index (χ2n) is 7.32. The second kappa shape index (κ2) is 8.01. The smallest absolute Gasteiger partial charge is 0.264 e. The molecular formula is C24H19ClFNO3. The predicted octanol–water partition coefficient (Wildman–Crippen LogP) is 4.53. The van der Waals surface area contributed by atoms with Crippen LogP contribution in [0.3, 0.4) is 0 Å². The lowest BCUT2D eigenvalue weighted by molar-refractivity contribution is -0.135. The number of fused-ring (bicyclic) bond motifs is 1. The highest BCUT2D eigenvalue weighted by molar-refractivity contribution is 6.31. The Bertz CT molecular complexity index is 1100. The Hall–Kier alpha value is -3.02. The number of ketones is 1. The van der Waals surface area contributed by atoms with Gasteiger partial charge in [-0.15, -0.1) is 0 Å². The van der Waals surface area contributed by atoms with E-state index in [1.54, 1.807) is 12.1 Å². The van der Waals surface area contributed by atoms with Crippen LogP contribution in [0.1, 0.15) is 27.9 Å². The summed E-state index contributed by atoms with van der Waals surface area (Å²) in [6.45, 7) is 0.352. The molecule has 1 amide bonds. The number of benzene rings is 3. The first-order valence-corrected chi connectivity index (χ1v) is 9.93. The number of rotatable bonds is 6. The van der Waals surface area contributed by atoms with Crippen molar-refractivity contribution in [2.45, 2.75) is 18.4 Å². The number of aliphatic hydroxyl groups is 1. The molecule has 0 radical (unpaired) electrons. The fraction of sp³-hybridized carbons (Fsp3) is 0.167. The minimum absolute atomic E-state index is 0.226. The van der Waals surface area contributed by atoms with Gasteiger partial charge in [-0.25, -0.2) is 4.39 Å². The number of Topliss-reactive ketones (excluding diaryl/α,β-unsaturated/α-hetero) is 1. The normalized spacial score (nSPS) is 17.8. The molecule has 0 aliphatic carbocycles. The maximum atomic E-state index is 13.3. The summed E-state index contributed by atoms with van der Waals surface area (Å²) in [6, 6.07) is 19.6. The van der Waals surface area contributed by atoms with E-state index < -0.39 is 29.5 Å². The number of carbonyl (C=O) groups is 2. The number of hydrogen-bond donors (Lipinski definition) is 1. The molecule has 1 heterocycles. The summed E-state index contributed by atoms with van der Waals surface area (Å²) in [7, 11) is 0. The SMILES string of the molecule is O=C(C[C@@]1(O)C(=O)N(CCc2ccccc2)c2ccc(Cl)cc21)c1ccc(F)cc1. The van der Waals surface area contributed by atoms with Crippen LogP contribution in [-0.4, -0.2) is 23.3 Å². The summed E-state index contributed by atoms with van der Waals surface area (Å²) in [5.74, 6) is -1.49. The van der Waals surface area contributed by atoms with Crippen molar-refractivity contribution in [3.05, 3.63) is 100 Å². The van der Waals surface area contributed by atoms with Gasteiger partial charge in [0.15, 0.2) is 11.4 Å². The molecule has 0 bridgehead atoms. The van der Waals surface area contributed by atoms with Gasteiger partial charge in [0.1, 0.15) is 5.82 Å². The van der Waals surface area contributed by atoms with Crippen LogP contribution in [0.15, 0.2) is 72.8 Å². The largest absolute Gasteiger partial charge is 0.375 e. The first-order chi connectivity index (χ1) is 14.4. The first kappa shape index (κ1) is 20.3. The van der Waals surface area contributed by atoms with Gasteiger partial charge < -0.3 is 10.0 Å². The summed E-state index contributed by atoms with van der Waals surface area (Å²) in [6.07, 6.45) is 0.142. The summed E-state index contributed by atoms with van der Waals surface area (Å²) in [5, 5.41) is 11.7. The standard InChI is InChI=1S/C24H19ClFNO3/c25-18-8-11-21-20(14-18)24(30,15-22(28)17-6-9-19(26)10-7-17)23(29)27(21)13-12-16-4-2-1-3-5-16/h1-11,14,30H,12-13,15H2/t24-/m0/s1. The van der Waals surface area contributed by atoms with E-state index in [1.165, 1.54) is 35.2 Å². The van der Waals surface area contributed by atoms with E-state index in [4.69, 9.17) is 11.6 Å². The van der Waals surface area contributed by atoms with Crippen molar-refractivity contribution in [3.8, 4) is 0 Å². The molecule has 0 saturated carbocycles. The second-order valence-corrected chi connectivity index (χ2v) is 7.76. The van der Waals surface area contributed by atoms with Crippen molar-refractivity contribution in [2.75, 3.05) is 11.4 Å². The summed E-state index contributed by atoms with van der Waals surface area (Å²) < 4.78 is 13.2. The molecule has 0 aromatic heterocycles. The molecule has 1 aliphatic rings.